The highest BCUT2D eigenvalue weighted by atomic mass is 35.5. The molecule has 0 aliphatic heterocycles. The van der Waals surface area contributed by atoms with Crippen molar-refractivity contribution < 1.29 is 14.6 Å². The van der Waals surface area contributed by atoms with E-state index in [1.807, 2.05) is 12.1 Å². The minimum Gasteiger partial charge on any atom is -0.389 e. The largest absolute Gasteiger partial charge is 0.389 e. The summed E-state index contributed by atoms with van der Waals surface area (Å²) >= 11 is 6.06. The van der Waals surface area contributed by atoms with Crippen molar-refractivity contribution >= 4 is 28.4 Å². The van der Waals surface area contributed by atoms with Gasteiger partial charge in [-0.3, -0.25) is 9.78 Å². The first-order chi connectivity index (χ1) is 11.1. The molecule has 1 aliphatic carbocycles. The van der Waals surface area contributed by atoms with Crippen LogP contribution in [-0.4, -0.2) is 42.4 Å². The SMILES string of the molecule is COCC(O)CNC(=O)c1cc(C2CC2)nc2ccc(Cl)cc12. The first kappa shape index (κ1) is 16.2. The van der Waals surface area contributed by atoms with Crippen LogP contribution in [0.1, 0.15) is 34.8 Å². The van der Waals surface area contributed by atoms with Crippen LogP contribution in [0, 0.1) is 0 Å². The lowest BCUT2D eigenvalue weighted by Gasteiger charge is -2.13. The molecule has 23 heavy (non-hydrogen) atoms. The number of ether oxygens (including phenoxy) is 1. The summed E-state index contributed by atoms with van der Waals surface area (Å²) in [6.07, 6.45) is 1.49. The number of rotatable bonds is 6. The van der Waals surface area contributed by atoms with Crippen molar-refractivity contribution in [2.45, 2.75) is 24.9 Å². The van der Waals surface area contributed by atoms with Crippen LogP contribution in [0.4, 0.5) is 0 Å². The third-order valence-electron chi connectivity index (χ3n) is 3.89. The van der Waals surface area contributed by atoms with Crippen molar-refractivity contribution in [2.24, 2.45) is 0 Å². The molecule has 1 atom stereocenters. The van der Waals surface area contributed by atoms with Crippen LogP contribution in [0.15, 0.2) is 24.3 Å². The van der Waals surface area contributed by atoms with Crippen LogP contribution in [-0.2, 0) is 4.74 Å². The van der Waals surface area contributed by atoms with Crippen LogP contribution < -0.4 is 5.32 Å². The molecule has 1 heterocycles. The highest BCUT2D eigenvalue weighted by molar-refractivity contribution is 6.31. The highest BCUT2D eigenvalue weighted by Crippen LogP contribution is 2.40. The summed E-state index contributed by atoms with van der Waals surface area (Å²) in [5.74, 6) is 0.206. The van der Waals surface area contributed by atoms with Gasteiger partial charge in [0, 0.05) is 35.7 Å². The number of aliphatic hydroxyl groups is 1. The molecule has 1 unspecified atom stereocenters. The Bertz CT molecular complexity index is 731. The monoisotopic (exact) mass is 334 g/mol. The Balaban J connectivity index is 1.90. The number of nitrogens with zero attached hydrogens (tertiary/aromatic N) is 1. The van der Waals surface area contributed by atoms with Crippen LogP contribution in [0.5, 0.6) is 0 Å². The van der Waals surface area contributed by atoms with Crippen molar-refractivity contribution in [3.8, 4) is 0 Å². The zero-order valence-corrected chi connectivity index (χ0v) is 13.6. The minimum absolute atomic E-state index is 0.135. The van der Waals surface area contributed by atoms with E-state index in [-0.39, 0.29) is 19.1 Å². The van der Waals surface area contributed by atoms with Crippen molar-refractivity contribution in [2.75, 3.05) is 20.3 Å². The number of carbonyl (C=O) groups is 1. The van der Waals surface area contributed by atoms with Gasteiger partial charge in [-0.1, -0.05) is 11.6 Å². The van der Waals surface area contributed by atoms with Crippen LogP contribution in [0.3, 0.4) is 0 Å². The first-order valence-electron chi connectivity index (χ1n) is 7.64. The number of hydrogen-bond donors (Lipinski definition) is 2. The summed E-state index contributed by atoms with van der Waals surface area (Å²) in [5.41, 5.74) is 2.26. The summed E-state index contributed by atoms with van der Waals surface area (Å²) in [6, 6.07) is 7.20. The van der Waals surface area contributed by atoms with Gasteiger partial charge in [0.1, 0.15) is 0 Å². The predicted molar refractivity (Wildman–Crippen MR) is 88.9 cm³/mol. The Morgan fingerprint density at radius 3 is 2.96 bits per heavy atom. The molecule has 1 amide bonds. The van der Waals surface area contributed by atoms with Gasteiger partial charge in [0.25, 0.3) is 5.91 Å². The van der Waals surface area contributed by atoms with Crippen molar-refractivity contribution in [1.82, 2.24) is 10.3 Å². The summed E-state index contributed by atoms with van der Waals surface area (Å²) in [6.45, 7) is 0.312. The van der Waals surface area contributed by atoms with Gasteiger partial charge in [0.2, 0.25) is 0 Å². The fourth-order valence-corrected chi connectivity index (χ4v) is 2.72. The number of amides is 1. The number of aromatic nitrogens is 1. The third kappa shape index (κ3) is 3.80. The Morgan fingerprint density at radius 2 is 2.26 bits per heavy atom. The van der Waals surface area contributed by atoms with E-state index in [0.29, 0.717) is 16.5 Å². The minimum atomic E-state index is -0.733. The number of fused-ring (bicyclic) bond motifs is 1. The molecule has 0 bridgehead atoms. The molecule has 1 aromatic carbocycles. The van der Waals surface area contributed by atoms with E-state index in [1.54, 1.807) is 12.1 Å². The van der Waals surface area contributed by atoms with Crippen molar-refractivity contribution in [3.05, 3.63) is 40.5 Å². The van der Waals surface area contributed by atoms with Gasteiger partial charge in [-0.25, -0.2) is 0 Å². The molecule has 5 nitrogen and oxygen atoms in total. The fraction of sp³-hybridized carbons (Fsp3) is 0.412. The second-order valence-electron chi connectivity index (χ2n) is 5.85. The summed E-state index contributed by atoms with van der Waals surface area (Å²) in [5, 5.41) is 13.7. The van der Waals surface area contributed by atoms with Gasteiger partial charge in [0.05, 0.1) is 23.8 Å². The molecule has 0 radical (unpaired) electrons. The number of hydrogen-bond acceptors (Lipinski definition) is 4. The number of carbonyl (C=O) groups excluding carboxylic acids is 1. The number of nitrogens with one attached hydrogen (secondary N) is 1. The smallest absolute Gasteiger partial charge is 0.252 e. The zero-order chi connectivity index (χ0) is 16.4. The fourth-order valence-electron chi connectivity index (χ4n) is 2.55. The van der Waals surface area contributed by atoms with E-state index in [9.17, 15) is 9.90 Å². The van der Waals surface area contributed by atoms with E-state index in [0.717, 1.165) is 29.4 Å². The number of aliphatic hydroxyl groups excluding tert-OH is 1. The number of pyridine rings is 1. The molecular formula is C17H19ClN2O3. The number of halogens is 1. The van der Waals surface area contributed by atoms with Gasteiger partial charge in [-0.15, -0.1) is 0 Å². The lowest BCUT2D eigenvalue weighted by molar-refractivity contribution is 0.0610. The molecule has 0 saturated heterocycles. The molecule has 6 heteroatoms. The van der Waals surface area contributed by atoms with Gasteiger partial charge in [0.15, 0.2) is 0 Å². The number of benzene rings is 1. The molecule has 0 spiro atoms. The Kier molecular flexibility index (Phi) is 4.80. The van der Waals surface area contributed by atoms with E-state index < -0.39 is 6.10 Å². The average Bonchev–Trinajstić information content (AvgIpc) is 3.37. The molecular weight excluding hydrogens is 316 g/mol. The van der Waals surface area contributed by atoms with Crippen molar-refractivity contribution in [1.29, 1.82) is 0 Å². The van der Waals surface area contributed by atoms with Gasteiger partial charge in [-0.05, 0) is 37.1 Å². The topological polar surface area (TPSA) is 71.5 Å². The summed E-state index contributed by atoms with van der Waals surface area (Å²) < 4.78 is 4.86. The number of methoxy groups -OCH3 is 1. The van der Waals surface area contributed by atoms with Crippen LogP contribution >= 0.6 is 11.6 Å². The van der Waals surface area contributed by atoms with Gasteiger partial charge in [-0.2, -0.15) is 0 Å². The van der Waals surface area contributed by atoms with E-state index in [4.69, 9.17) is 16.3 Å². The molecule has 2 N–H and O–H groups in total. The highest BCUT2D eigenvalue weighted by Gasteiger charge is 2.27. The lowest BCUT2D eigenvalue weighted by atomic mass is 10.1. The third-order valence-corrected chi connectivity index (χ3v) is 4.12. The maximum atomic E-state index is 12.5. The summed E-state index contributed by atoms with van der Waals surface area (Å²) in [7, 11) is 1.51. The van der Waals surface area contributed by atoms with Gasteiger partial charge < -0.3 is 15.2 Å². The second-order valence-corrected chi connectivity index (χ2v) is 6.29. The molecule has 1 saturated carbocycles. The normalized spacial score (nSPS) is 15.6. The summed E-state index contributed by atoms with van der Waals surface area (Å²) in [4.78, 5) is 17.2. The van der Waals surface area contributed by atoms with E-state index in [2.05, 4.69) is 10.3 Å². The average molecular weight is 335 g/mol. The Morgan fingerprint density at radius 1 is 1.48 bits per heavy atom. The van der Waals surface area contributed by atoms with Crippen molar-refractivity contribution in [3.63, 3.8) is 0 Å². The molecule has 3 rings (SSSR count). The Hall–Kier alpha value is -1.69. The molecule has 1 aliphatic rings. The quantitative estimate of drug-likeness (QED) is 0.851. The lowest BCUT2D eigenvalue weighted by Crippen LogP contribution is -2.34. The maximum Gasteiger partial charge on any atom is 0.252 e. The van der Waals surface area contributed by atoms with E-state index >= 15 is 0 Å². The second kappa shape index (κ2) is 6.83. The molecule has 122 valence electrons. The van der Waals surface area contributed by atoms with Crippen LogP contribution in [0.2, 0.25) is 5.02 Å². The molecule has 2 aromatic rings. The van der Waals surface area contributed by atoms with Gasteiger partial charge >= 0.3 is 0 Å². The molecule has 1 fully saturated rings. The first-order valence-corrected chi connectivity index (χ1v) is 8.01. The maximum absolute atomic E-state index is 12.5. The standard InChI is InChI=1S/C17H19ClN2O3/c1-23-9-12(21)8-19-17(22)14-7-16(10-2-3-10)20-15-5-4-11(18)6-13(14)15/h4-7,10,12,21H,2-3,8-9H2,1H3,(H,19,22). The predicted octanol–water partition coefficient (Wildman–Crippen LogP) is 2.50. The Labute approximate surface area is 139 Å². The zero-order valence-electron chi connectivity index (χ0n) is 12.9. The van der Waals surface area contributed by atoms with E-state index in [1.165, 1.54) is 7.11 Å². The van der Waals surface area contributed by atoms with Crippen LogP contribution in [0.25, 0.3) is 10.9 Å². The molecule has 1 aromatic heterocycles.